The number of hydrogen-bond acceptors (Lipinski definition) is 5. The van der Waals surface area contributed by atoms with E-state index in [-0.39, 0.29) is 23.5 Å². The van der Waals surface area contributed by atoms with Crippen molar-refractivity contribution in [1.29, 1.82) is 0 Å². The van der Waals surface area contributed by atoms with Gasteiger partial charge in [0.15, 0.2) is 9.84 Å². The Hall–Kier alpha value is -1.63. The lowest BCUT2D eigenvalue weighted by Crippen LogP contribution is -2.39. The normalized spacial score (nSPS) is 26.3. The van der Waals surface area contributed by atoms with E-state index < -0.39 is 9.84 Å². The van der Waals surface area contributed by atoms with Crippen molar-refractivity contribution in [2.45, 2.75) is 32.2 Å². The Morgan fingerprint density at radius 3 is 2.71 bits per heavy atom. The average molecular weight is 351 g/mol. The average Bonchev–Trinajstić information content (AvgIpc) is 2.93. The predicted octanol–water partition coefficient (Wildman–Crippen LogP) is 1.58. The third kappa shape index (κ3) is 3.71. The highest BCUT2D eigenvalue weighted by atomic mass is 32.2. The molecule has 0 aliphatic carbocycles. The van der Waals surface area contributed by atoms with Crippen LogP contribution in [0.3, 0.4) is 0 Å². The monoisotopic (exact) mass is 351 g/mol. The first kappa shape index (κ1) is 17.2. The fraction of sp³-hybridized carbons (Fsp3) is 0.647. The zero-order valence-electron chi connectivity index (χ0n) is 14.3. The molecule has 1 aromatic heterocycles. The summed E-state index contributed by atoms with van der Waals surface area (Å²) in [6.07, 6.45) is 4.47. The van der Waals surface area contributed by atoms with Gasteiger partial charge in [-0.1, -0.05) is 6.92 Å². The van der Waals surface area contributed by atoms with Crippen molar-refractivity contribution >= 4 is 21.6 Å². The second kappa shape index (κ2) is 6.70. The highest BCUT2D eigenvalue weighted by molar-refractivity contribution is 7.91. The molecule has 6 nitrogen and oxygen atoms in total. The maximum absolute atomic E-state index is 12.6. The van der Waals surface area contributed by atoms with Crippen molar-refractivity contribution in [1.82, 2.24) is 9.88 Å². The summed E-state index contributed by atoms with van der Waals surface area (Å²) in [4.78, 5) is 20.8. The molecule has 0 bridgehead atoms. The summed E-state index contributed by atoms with van der Waals surface area (Å²) >= 11 is 0. The van der Waals surface area contributed by atoms with Crippen molar-refractivity contribution in [3.8, 4) is 0 Å². The van der Waals surface area contributed by atoms with Crippen molar-refractivity contribution in [2.75, 3.05) is 36.5 Å². The SMILES string of the molecule is CC1CCCN(C(=O)c2ccc(N(C)C3CCS(=O)(=O)C3)nc2)C1. The van der Waals surface area contributed by atoms with Crippen LogP contribution in [0, 0.1) is 5.92 Å². The van der Waals surface area contributed by atoms with Gasteiger partial charge < -0.3 is 9.80 Å². The number of carbonyl (C=O) groups excluding carboxylic acids is 1. The van der Waals surface area contributed by atoms with Gasteiger partial charge in [0.25, 0.3) is 5.91 Å². The lowest BCUT2D eigenvalue weighted by atomic mass is 10.00. The van der Waals surface area contributed by atoms with Gasteiger partial charge in [0.2, 0.25) is 0 Å². The molecule has 1 aromatic rings. The summed E-state index contributed by atoms with van der Waals surface area (Å²) in [7, 11) is -1.06. The summed E-state index contributed by atoms with van der Waals surface area (Å²) in [6.45, 7) is 3.79. The van der Waals surface area contributed by atoms with E-state index in [0.29, 0.717) is 23.7 Å². The van der Waals surface area contributed by atoms with Crippen LogP contribution in [0.25, 0.3) is 0 Å². The smallest absolute Gasteiger partial charge is 0.255 e. The standard InChI is InChI=1S/C17H25N3O3S/c1-13-4-3-8-20(11-13)17(21)14-5-6-16(18-10-14)19(2)15-7-9-24(22,23)12-15/h5-6,10,13,15H,3-4,7-9,11-12H2,1-2H3. The quantitative estimate of drug-likeness (QED) is 0.827. The fourth-order valence-electron chi connectivity index (χ4n) is 3.55. The second-order valence-corrected chi connectivity index (χ2v) is 9.30. The number of pyridine rings is 1. The lowest BCUT2D eigenvalue weighted by molar-refractivity contribution is 0.0682. The van der Waals surface area contributed by atoms with Crippen LogP contribution in [-0.2, 0) is 9.84 Å². The first-order chi connectivity index (χ1) is 11.4. The van der Waals surface area contributed by atoms with Gasteiger partial charge in [0.05, 0.1) is 17.1 Å². The van der Waals surface area contributed by atoms with Crippen molar-refractivity contribution in [3.63, 3.8) is 0 Å². The maximum atomic E-state index is 12.6. The summed E-state index contributed by atoms with van der Waals surface area (Å²) in [5.41, 5.74) is 0.597. The highest BCUT2D eigenvalue weighted by Crippen LogP contribution is 2.22. The summed E-state index contributed by atoms with van der Waals surface area (Å²) in [6, 6.07) is 3.57. The van der Waals surface area contributed by atoms with Gasteiger partial charge in [-0.25, -0.2) is 13.4 Å². The van der Waals surface area contributed by atoms with Gasteiger partial charge in [-0.05, 0) is 37.3 Å². The number of aromatic nitrogens is 1. The number of likely N-dealkylation sites (tertiary alicyclic amines) is 1. The first-order valence-electron chi connectivity index (χ1n) is 8.54. The molecule has 0 radical (unpaired) electrons. The lowest BCUT2D eigenvalue weighted by Gasteiger charge is -2.31. The van der Waals surface area contributed by atoms with E-state index in [4.69, 9.17) is 0 Å². The Bertz CT molecular complexity index is 702. The Balaban J connectivity index is 1.68. The molecule has 0 saturated carbocycles. The molecule has 7 heteroatoms. The molecular formula is C17H25N3O3S. The number of rotatable bonds is 3. The molecule has 2 unspecified atom stereocenters. The number of piperidine rings is 1. The Morgan fingerprint density at radius 1 is 1.33 bits per heavy atom. The van der Waals surface area contributed by atoms with Gasteiger partial charge in [-0.3, -0.25) is 4.79 Å². The predicted molar refractivity (Wildman–Crippen MR) is 94.0 cm³/mol. The van der Waals surface area contributed by atoms with Crippen LogP contribution in [0.4, 0.5) is 5.82 Å². The van der Waals surface area contributed by atoms with Crippen LogP contribution >= 0.6 is 0 Å². The summed E-state index contributed by atoms with van der Waals surface area (Å²) < 4.78 is 23.2. The van der Waals surface area contributed by atoms with E-state index in [0.717, 1.165) is 19.5 Å². The highest BCUT2D eigenvalue weighted by Gasteiger charge is 2.31. The third-order valence-electron chi connectivity index (χ3n) is 5.06. The molecule has 2 saturated heterocycles. The van der Waals surface area contributed by atoms with Crippen LogP contribution in [0.1, 0.15) is 36.5 Å². The van der Waals surface area contributed by atoms with E-state index in [1.807, 2.05) is 22.9 Å². The Labute approximate surface area is 143 Å². The largest absolute Gasteiger partial charge is 0.356 e. The van der Waals surface area contributed by atoms with Crippen LogP contribution in [0.2, 0.25) is 0 Å². The molecule has 1 amide bonds. The number of hydrogen-bond donors (Lipinski definition) is 0. The topological polar surface area (TPSA) is 70.6 Å². The number of nitrogens with zero attached hydrogens (tertiary/aromatic N) is 3. The van der Waals surface area contributed by atoms with Crippen LogP contribution in [0.15, 0.2) is 18.3 Å². The van der Waals surface area contributed by atoms with Crippen molar-refractivity contribution in [2.24, 2.45) is 5.92 Å². The van der Waals surface area contributed by atoms with Gasteiger partial charge in [-0.15, -0.1) is 0 Å². The summed E-state index contributed by atoms with van der Waals surface area (Å²) in [5.74, 6) is 1.71. The van der Waals surface area contributed by atoms with Crippen LogP contribution in [0.5, 0.6) is 0 Å². The number of amides is 1. The summed E-state index contributed by atoms with van der Waals surface area (Å²) in [5, 5.41) is 0. The molecule has 2 aliphatic rings. The molecule has 2 aliphatic heterocycles. The van der Waals surface area contributed by atoms with E-state index in [1.165, 1.54) is 6.42 Å². The molecular weight excluding hydrogens is 326 g/mol. The number of carbonyl (C=O) groups is 1. The molecule has 132 valence electrons. The van der Waals surface area contributed by atoms with Gasteiger partial charge in [0, 0.05) is 32.4 Å². The van der Waals surface area contributed by atoms with Gasteiger partial charge in [0.1, 0.15) is 5.82 Å². The molecule has 0 N–H and O–H groups in total. The Morgan fingerprint density at radius 2 is 2.12 bits per heavy atom. The minimum atomic E-state index is -2.92. The minimum Gasteiger partial charge on any atom is -0.356 e. The van der Waals surface area contributed by atoms with Gasteiger partial charge in [-0.2, -0.15) is 0 Å². The first-order valence-corrected chi connectivity index (χ1v) is 10.4. The van der Waals surface area contributed by atoms with E-state index in [9.17, 15) is 13.2 Å². The molecule has 0 aromatic carbocycles. The molecule has 2 fully saturated rings. The number of anilines is 1. The number of sulfone groups is 1. The molecule has 3 heterocycles. The molecule has 3 rings (SSSR count). The maximum Gasteiger partial charge on any atom is 0.255 e. The zero-order valence-corrected chi connectivity index (χ0v) is 15.1. The molecule has 0 spiro atoms. The molecule has 2 atom stereocenters. The van der Waals surface area contributed by atoms with Crippen LogP contribution in [-0.4, -0.2) is 61.9 Å². The van der Waals surface area contributed by atoms with Crippen LogP contribution < -0.4 is 4.90 Å². The van der Waals surface area contributed by atoms with Crippen molar-refractivity contribution in [3.05, 3.63) is 23.9 Å². The van der Waals surface area contributed by atoms with E-state index >= 15 is 0 Å². The van der Waals surface area contributed by atoms with Crippen molar-refractivity contribution < 1.29 is 13.2 Å². The molecule has 24 heavy (non-hydrogen) atoms. The van der Waals surface area contributed by atoms with Gasteiger partial charge >= 0.3 is 0 Å². The van der Waals surface area contributed by atoms with E-state index in [2.05, 4.69) is 11.9 Å². The van der Waals surface area contributed by atoms with E-state index in [1.54, 1.807) is 12.3 Å². The fourth-order valence-corrected chi connectivity index (χ4v) is 5.32. The third-order valence-corrected chi connectivity index (χ3v) is 6.81. The minimum absolute atomic E-state index is 0.0340. The second-order valence-electron chi connectivity index (χ2n) is 7.07. The Kier molecular flexibility index (Phi) is 4.80. The zero-order chi connectivity index (χ0) is 17.3.